The standard InChI is InChI=1S/C32H39FN4O3S/c1-3-25-11-7-8-18-37(25)32(40)29-17-16-28(41-29)31(39)36-27(20-22-9-5-4-6-10-22)26(34)19-21(2)30(38)35-24-14-12-23(33)13-15-24/h4-6,9-10,12-17,21,25-27H,3,7-8,11,18-20,34H2,1-2H3,(H,35,38)(H,36,39)/t21-,25?,26+,27+/m1/s1. The van der Waals surface area contributed by atoms with Gasteiger partial charge in [0, 0.05) is 36.3 Å². The second kappa shape index (κ2) is 14.4. The number of nitrogens with zero attached hydrogens (tertiary/aromatic N) is 1. The molecule has 3 amide bonds. The normalized spacial score (nSPS) is 17.4. The molecule has 1 saturated heterocycles. The highest BCUT2D eigenvalue weighted by Crippen LogP contribution is 2.25. The number of anilines is 1. The fourth-order valence-electron chi connectivity index (χ4n) is 5.30. The number of halogens is 1. The minimum Gasteiger partial charge on any atom is -0.347 e. The van der Waals surface area contributed by atoms with Crippen molar-refractivity contribution in [1.29, 1.82) is 0 Å². The van der Waals surface area contributed by atoms with Crippen molar-refractivity contribution >= 4 is 34.7 Å². The molecule has 1 aliphatic heterocycles. The average Bonchev–Trinajstić information content (AvgIpc) is 3.48. The number of amides is 3. The maximum absolute atomic E-state index is 13.4. The highest BCUT2D eigenvalue weighted by molar-refractivity contribution is 7.15. The van der Waals surface area contributed by atoms with Gasteiger partial charge in [0.2, 0.25) is 5.91 Å². The highest BCUT2D eigenvalue weighted by atomic mass is 32.1. The fourth-order valence-corrected chi connectivity index (χ4v) is 6.17. The van der Waals surface area contributed by atoms with Crippen LogP contribution in [-0.4, -0.2) is 47.3 Å². The van der Waals surface area contributed by atoms with Gasteiger partial charge in [-0.05, 0) is 80.5 Å². The third-order valence-corrected chi connectivity index (χ3v) is 8.79. The summed E-state index contributed by atoms with van der Waals surface area (Å²) in [6, 6.07) is 18.0. The van der Waals surface area contributed by atoms with E-state index < -0.39 is 18.0 Å². The lowest BCUT2D eigenvalue weighted by molar-refractivity contribution is -0.119. The van der Waals surface area contributed by atoms with Crippen LogP contribution >= 0.6 is 11.3 Å². The lowest BCUT2D eigenvalue weighted by Crippen LogP contribution is -2.50. The molecule has 2 aromatic carbocycles. The number of hydrogen-bond acceptors (Lipinski definition) is 5. The molecule has 0 aliphatic carbocycles. The van der Waals surface area contributed by atoms with Gasteiger partial charge in [0.1, 0.15) is 5.82 Å². The van der Waals surface area contributed by atoms with Crippen molar-refractivity contribution in [2.24, 2.45) is 11.7 Å². The van der Waals surface area contributed by atoms with Gasteiger partial charge in [-0.2, -0.15) is 0 Å². The summed E-state index contributed by atoms with van der Waals surface area (Å²) in [4.78, 5) is 42.4. The second-order valence-electron chi connectivity index (χ2n) is 10.8. The van der Waals surface area contributed by atoms with E-state index in [1.165, 1.54) is 35.6 Å². The molecule has 41 heavy (non-hydrogen) atoms. The van der Waals surface area contributed by atoms with Crippen molar-refractivity contribution < 1.29 is 18.8 Å². The summed E-state index contributed by atoms with van der Waals surface area (Å²) in [5.41, 5.74) is 8.14. The zero-order valence-corrected chi connectivity index (χ0v) is 24.5. The van der Waals surface area contributed by atoms with Crippen LogP contribution in [0.5, 0.6) is 0 Å². The molecule has 1 aromatic heterocycles. The van der Waals surface area contributed by atoms with E-state index in [9.17, 15) is 18.8 Å². The molecule has 0 radical (unpaired) electrons. The molecule has 1 fully saturated rings. The Bertz CT molecular complexity index is 1310. The molecule has 7 nitrogen and oxygen atoms in total. The van der Waals surface area contributed by atoms with Crippen LogP contribution in [0, 0.1) is 11.7 Å². The number of carbonyl (C=O) groups excluding carboxylic acids is 3. The van der Waals surface area contributed by atoms with Crippen molar-refractivity contribution in [2.45, 2.75) is 70.5 Å². The van der Waals surface area contributed by atoms with Crippen molar-refractivity contribution in [3.05, 3.63) is 87.9 Å². The summed E-state index contributed by atoms with van der Waals surface area (Å²) in [5, 5.41) is 5.88. The smallest absolute Gasteiger partial charge is 0.264 e. The Kier molecular flexibility index (Phi) is 10.7. The minimum atomic E-state index is -0.521. The van der Waals surface area contributed by atoms with E-state index in [0.29, 0.717) is 28.3 Å². The molecule has 0 saturated carbocycles. The van der Waals surface area contributed by atoms with E-state index in [1.54, 1.807) is 19.1 Å². The van der Waals surface area contributed by atoms with Crippen molar-refractivity contribution in [2.75, 3.05) is 11.9 Å². The Morgan fingerprint density at radius 1 is 1.02 bits per heavy atom. The molecule has 3 aromatic rings. The number of piperidine rings is 1. The SMILES string of the molecule is CCC1CCCCN1C(=O)c1ccc(C(=O)N[C@@H](Cc2ccccc2)[C@@H](N)C[C@@H](C)C(=O)Nc2ccc(F)cc2)s1. The molecule has 1 unspecified atom stereocenters. The molecular formula is C32H39FN4O3S. The van der Waals surface area contributed by atoms with Gasteiger partial charge in [-0.3, -0.25) is 14.4 Å². The van der Waals surface area contributed by atoms with E-state index in [2.05, 4.69) is 17.6 Å². The number of benzene rings is 2. The van der Waals surface area contributed by atoms with Crippen LogP contribution in [0.2, 0.25) is 0 Å². The Labute approximate surface area is 245 Å². The Hall–Kier alpha value is -3.56. The van der Waals surface area contributed by atoms with E-state index >= 15 is 0 Å². The molecule has 9 heteroatoms. The number of hydrogen-bond donors (Lipinski definition) is 3. The van der Waals surface area contributed by atoms with Gasteiger partial charge in [0.15, 0.2) is 0 Å². The van der Waals surface area contributed by atoms with Crippen LogP contribution in [0.4, 0.5) is 10.1 Å². The van der Waals surface area contributed by atoms with Gasteiger partial charge in [-0.25, -0.2) is 4.39 Å². The highest BCUT2D eigenvalue weighted by Gasteiger charge is 2.29. The number of likely N-dealkylation sites (tertiary alicyclic amines) is 1. The zero-order chi connectivity index (χ0) is 29.4. The Morgan fingerprint density at radius 2 is 1.73 bits per heavy atom. The van der Waals surface area contributed by atoms with Crippen LogP contribution in [0.25, 0.3) is 0 Å². The summed E-state index contributed by atoms with van der Waals surface area (Å²) in [5.74, 6) is -1.37. The largest absolute Gasteiger partial charge is 0.347 e. The van der Waals surface area contributed by atoms with E-state index in [0.717, 1.165) is 37.8 Å². The number of rotatable bonds is 11. The zero-order valence-electron chi connectivity index (χ0n) is 23.6. The molecule has 4 N–H and O–H groups in total. The summed E-state index contributed by atoms with van der Waals surface area (Å²) in [7, 11) is 0. The molecule has 0 bridgehead atoms. The Morgan fingerprint density at radius 3 is 2.44 bits per heavy atom. The molecular weight excluding hydrogens is 539 g/mol. The lowest BCUT2D eigenvalue weighted by Gasteiger charge is -2.35. The van der Waals surface area contributed by atoms with E-state index in [4.69, 9.17) is 5.73 Å². The van der Waals surface area contributed by atoms with Crippen LogP contribution in [-0.2, 0) is 11.2 Å². The monoisotopic (exact) mass is 578 g/mol. The summed E-state index contributed by atoms with van der Waals surface area (Å²) in [6.07, 6.45) is 4.88. The van der Waals surface area contributed by atoms with E-state index in [1.807, 2.05) is 35.2 Å². The van der Waals surface area contributed by atoms with Crippen molar-refractivity contribution in [1.82, 2.24) is 10.2 Å². The minimum absolute atomic E-state index is 0.0147. The predicted molar refractivity (Wildman–Crippen MR) is 161 cm³/mol. The van der Waals surface area contributed by atoms with E-state index in [-0.39, 0.29) is 29.6 Å². The maximum atomic E-state index is 13.4. The van der Waals surface area contributed by atoms with Gasteiger partial charge in [-0.1, -0.05) is 44.2 Å². The maximum Gasteiger partial charge on any atom is 0.264 e. The average molecular weight is 579 g/mol. The molecule has 0 spiro atoms. The topological polar surface area (TPSA) is 105 Å². The second-order valence-corrected chi connectivity index (χ2v) is 11.9. The third kappa shape index (κ3) is 8.24. The summed E-state index contributed by atoms with van der Waals surface area (Å²) in [6.45, 7) is 4.63. The molecule has 4 rings (SSSR count). The molecule has 2 heterocycles. The van der Waals surface area contributed by atoms with Crippen LogP contribution in [0.1, 0.15) is 70.9 Å². The molecule has 1 aliphatic rings. The first kappa shape index (κ1) is 30.4. The lowest BCUT2D eigenvalue weighted by atomic mass is 9.92. The quantitative estimate of drug-likeness (QED) is 0.275. The first-order valence-electron chi connectivity index (χ1n) is 14.3. The summed E-state index contributed by atoms with van der Waals surface area (Å²) < 4.78 is 13.2. The molecule has 4 atom stereocenters. The van der Waals surface area contributed by atoms with Gasteiger partial charge in [0.05, 0.1) is 9.75 Å². The fraction of sp³-hybridized carbons (Fsp3) is 0.406. The van der Waals surface area contributed by atoms with Crippen LogP contribution in [0.15, 0.2) is 66.7 Å². The van der Waals surface area contributed by atoms with Crippen LogP contribution in [0.3, 0.4) is 0 Å². The predicted octanol–water partition coefficient (Wildman–Crippen LogP) is 5.63. The Balaban J connectivity index is 1.43. The number of nitrogens with two attached hydrogens (primary N) is 1. The van der Waals surface area contributed by atoms with Gasteiger partial charge in [-0.15, -0.1) is 11.3 Å². The first-order valence-corrected chi connectivity index (χ1v) is 15.1. The van der Waals surface area contributed by atoms with Crippen molar-refractivity contribution in [3.8, 4) is 0 Å². The number of nitrogens with one attached hydrogen (secondary N) is 2. The number of thiophene rings is 1. The van der Waals surface area contributed by atoms with Crippen LogP contribution < -0.4 is 16.4 Å². The number of carbonyl (C=O) groups is 3. The van der Waals surface area contributed by atoms with Crippen molar-refractivity contribution in [3.63, 3.8) is 0 Å². The molecule has 218 valence electrons. The van der Waals surface area contributed by atoms with Gasteiger partial charge < -0.3 is 21.3 Å². The first-order chi connectivity index (χ1) is 19.7. The summed E-state index contributed by atoms with van der Waals surface area (Å²) >= 11 is 1.20. The third-order valence-electron chi connectivity index (χ3n) is 7.72. The van der Waals surface area contributed by atoms with Gasteiger partial charge in [0.25, 0.3) is 11.8 Å². The van der Waals surface area contributed by atoms with Gasteiger partial charge >= 0.3 is 0 Å².